The quantitative estimate of drug-likeness (QED) is 0.723. The summed E-state index contributed by atoms with van der Waals surface area (Å²) < 4.78 is 5.39. The zero-order valence-corrected chi connectivity index (χ0v) is 9.51. The number of ether oxygens (including phenoxy) is 1. The first-order valence-electron chi connectivity index (χ1n) is 4.58. The molecule has 0 aliphatic heterocycles. The zero-order valence-electron chi connectivity index (χ0n) is 8.75. The fourth-order valence-corrected chi connectivity index (χ4v) is 1.23. The molecule has 0 aliphatic carbocycles. The lowest BCUT2D eigenvalue weighted by atomic mass is 10.0. The molecule has 3 nitrogen and oxygen atoms in total. The molecular formula is C10H15ClN2O. The Morgan fingerprint density at radius 2 is 2.00 bits per heavy atom. The summed E-state index contributed by atoms with van der Waals surface area (Å²) in [5.74, 6) is 1.15. The van der Waals surface area contributed by atoms with E-state index in [4.69, 9.17) is 16.3 Å². The smallest absolute Gasteiger partial charge is 0.159 e. The molecule has 0 N–H and O–H groups in total. The molecule has 1 aromatic rings. The Bertz CT molecular complexity index is 283. The van der Waals surface area contributed by atoms with E-state index in [2.05, 4.69) is 9.97 Å². The summed E-state index contributed by atoms with van der Waals surface area (Å²) >= 11 is 5.65. The van der Waals surface area contributed by atoms with Crippen molar-refractivity contribution >= 4 is 11.6 Å². The zero-order chi connectivity index (χ0) is 10.6. The molecule has 0 saturated carbocycles. The van der Waals surface area contributed by atoms with Gasteiger partial charge >= 0.3 is 0 Å². The highest BCUT2D eigenvalue weighted by Crippen LogP contribution is 2.24. The van der Waals surface area contributed by atoms with Gasteiger partial charge < -0.3 is 4.74 Å². The van der Waals surface area contributed by atoms with Crippen molar-refractivity contribution in [1.29, 1.82) is 0 Å². The van der Waals surface area contributed by atoms with Crippen molar-refractivity contribution in [3.05, 3.63) is 23.8 Å². The SMILES string of the molecule is CCC(C)(OC)c1ncc(CCl)cn1. The van der Waals surface area contributed by atoms with Gasteiger partial charge in [0.05, 0.1) is 5.88 Å². The molecule has 0 radical (unpaired) electrons. The number of rotatable bonds is 4. The van der Waals surface area contributed by atoms with Gasteiger partial charge in [0.25, 0.3) is 0 Å². The van der Waals surface area contributed by atoms with E-state index in [0.29, 0.717) is 11.7 Å². The maximum absolute atomic E-state index is 5.65. The minimum Gasteiger partial charge on any atom is -0.371 e. The first kappa shape index (κ1) is 11.4. The van der Waals surface area contributed by atoms with Crippen molar-refractivity contribution in [3.63, 3.8) is 0 Å². The van der Waals surface area contributed by atoms with Gasteiger partial charge in [-0.25, -0.2) is 9.97 Å². The molecule has 0 aromatic carbocycles. The Balaban J connectivity index is 2.95. The summed E-state index contributed by atoms with van der Waals surface area (Å²) in [4.78, 5) is 8.49. The Labute approximate surface area is 89.5 Å². The lowest BCUT2D eigenvalue weighted by Gasteiger charge is -2.24. The number of methoxy groups -OCH3 is 1. The normalized spacial score (nSPS) is 15.1. The third kappa shape index (κ3) is 2.22. The average molecular weight is 215 g/mol. The highest BCUT2D eigenvalue weighted by Gasteiger charge is 2.26. The van der Waals surface area contributed by atoms with E-state index in [1.165, 1.54) is 0 Å². The van der Waals surface area contributed by atoms with E-state index in [1.807, 2.05) is 13.8 Å². The monoisotopic (exact) mass is 214 g/mol. The van der Waals surface area contributed by atoms with E-state index in [-0.39, 0.29) is 0 Å². The molecule has 1 aromatic heterocycles. The Morgan fingerprint density at radius 3 is 2.36 bits per heavy atom. The predicted octanol–water partition coefficient (Wildman–Crippen LogP) is 2.49. The molecule has 1 unspecified atom stereocenters. The molecule has 0 saturated heterocycles. The number of alkyl halides is 1. The van der Waals surface area contributed by atoms with Crippen molar-refractivity contribution in [2.45, 2.75) is 31.7 Å². The third-order valence-corrected chi connectivity index (χ3v) is 2.77. The largest absolute Gasteiger partial charge is 0.371 e. The molecule has 78 valence electrons. The van der Waals surface area contributed by atoms with Crippen molar-refractivity contribution in [1.82, 2.24) is 9.97 Å². The van der Waals surface area contributed by atoms with Gasteiger partial charge in [0.2, 0.25) is 0 Å². The minimum absolute atomic E-state index is 0.398. The fraction of sp³-hybridized carbons (Fsp3) is 0.600. The molecule has 0 amide bonds. The van der Waals surface area contributed by atoms with Crippen molar-refractivity contribution in [3.8, 4) is 0 Å². The highest BCUT2D eigenvalue weighted by atomic mass is 35.5. The van der Waals surface area contributed by atoms with Crippen LogP contribution in [0.1, 0.15) is 31.7 Å². The first-order valence-corrected chi connectivity index (χ1v) is 5.12. The van der Waals surface area contributed by atoms with Crippen LogP contribution in [0.2, 0.25) is 0 Å². The van der Waals surface area contributed by atoms with Crippen molar-refractivity contribution in [2.75, 3.05) is 7.11 Å². The van der Waals surface area contributed by atoms with Crippen LogP contribution in [0.4, 0.5) is 0 Å². The van der Waals surface area contributed by atoms with Gasteiger partial charge in [-0.3, -0.25) is 0 Å². The van der Waals surface area contributed by atoms with Gasteiger partial charge in [-0.15, -0.1) is 11.6 Å². The molecule has 0 fully saturated rings. The van der Waals surface area contributed by atoms with Crippen LogP contribution >= 0.6 is 11.6 Å². The number of hydrogen-bond donors (Lipinski definition) is 0. The third-order valence-electron chi connectivity index (χ3n) is 2.46. The molecule has 4 heteroatoms. The summed E-state index contributed by atoms with van der Waals surface area (Å²) in [5.41, 5.74) is 0.523. The van der Waals surface area contributed by atoms with E-state index in [9.17, 15) is 0 Å². The summed E-state index contributed by atoms with van der Waals surface area (Å²) in [5, 5.41) is 0. The lowest BCUT2D eigenvalue weighted by molar-refractivity contribution is -0.00902. The van der Waals surface area contributed by atoms with Crippen molar-refractivity contribution in [2.24, 2.45) is 0 Å². The van der Waals surface area contributed by atoms with Crippen molar-refractivity contribution < 1.29 is 4.74 Å². The maximum atomic E-state index is 5.65. The van der Waals surface area contributed by atoms with Gasteiger partial charge in [0.15, 0.2) is 5.82 Å². The van der Waals surface area contributed by atoms with E-state index >= 15 is 0 Å². The molecule has 14 heavy (non-hydrogen) atoms. The molecule has 1 atom stereocenters. The standard InChI is InChI=1S/C10H15ClN2O/c1-4-10(2,14-3)9-12-6-8(5-11)7-13-9/h6-7H,4-5H2,1-3H3. The summed E-state index contributed by atoms with van der Waals surface area (Å²) in [7, 11) is 1.67. The summed E-state index contributed by atoms with van der Waals surface area (Å²) in [6.45, 7) is 4.02. The van der Waals surface area contributed by atoms with E-state index in [0.717, 1.165) is 12.0 Å². The second-order valence-corrected chi connectivity index (χ2v) is 3.60. The first-order chi connectivity index (χ1) is 6.66. The van der Waals surface area contributed by atoms with Crippen LogP contribution in [0.15, 0.2) is 12.4 Å². The fourth-order valence-electron chi connectivity index (χ4n) is 1.09. The van der Waals surface area contributed by atoms with Gasteiger partial charge in [-0.2, -0.15) is 0 Å². The summed E-state index contributed by atoms with van der Waals surface area (Å²) in [6, 6.07) is 0. The number of hydrogen-bond acceptors (Lipinski definition) is 3. The second-order valence-electron chi connectivity index (χ2n) is 3.34. The average Bonchev–Trinajstić information content (AvgIpc) is 2.28. The topological polar surface area (TPSA) is 35.0 Å². The van der Waals surface area contributed by atoms with E-state index < -0.39 is 5.60 Å². The van der Waals surface area contributed by atoms with Crippen LogP contribution in [0.3, 0.4) is 0 Å². The van der Waals surface area contributed by atoms with Crippen LogP contribution in [0.5, 0.6) is 0 Å². The highest BCUT2D eigenvalue weighted by molar-refractivity contribution is 6.17. The van der Waals surface area contributed by atoms with Gasteiger partial charge in [0.1, 0.15) is 5.60 Å². The van der Waals surface area contributed by atoms with Crippen LogP contribution in [0, 0.1) is 0 Å². The van der Waals surface area contributed by atoms with Crippen LogP contribution in [-0.2, 0) is 16.2 Å². The van der Waals surface area contributed by atoms with Gasteiger partial charge in [-0.1, -0.05) is 6.92 Å². The Kier molecular flexibility index (Phi) is 3.84. The lowest BCUT2D eigenvalue weighted by Crippen LogP contribution is -2.26. The van der Waals surface area contributed by atoms with Gasteiger partial charge in [0, 0.05) is 25.1 Å². The minimum atomic E-state index is -0.398. The molecule has 0 aliphatic rings. The molecule has 1 heterocycles. The second kappa shape index (κ2) is 4.71. The van der Waals surface area contributed by atoms with Crippen LogP contribution in [-0.4, -0.2) is 17.1 Å². The molecule has 0 bridgehead atoms. The van der Waals surface area contributed by atoms with Crippen LogP contribution in [0.25, 0.3) is 0 Å². The molecular weight excluding hydrogens is 200 g/mol. The predicted molar refractivity (Wildman–Crippen MR) is 56.2 cm³/mol. The van der Waals surface area contributed by atoms with Gasteiger partial charge in [-0.05, 0) is 13.3 Å². The number of aromatic nitrogens is 2. The molecule has 1 rings (SSSR count). The molecule has 0 spiro atoms. The number of nitrogens with zero attached hydrogens (tertiary/aromatic N) is 2. The Morgan fingerprint density at radius 1 is 1.43 bits per heavy atom. The maximum Gasteiger partial charge on any atom is 0.159 e. The Hall–Kier alpha value is -0.670. The summed E-state index contributed by atoms with van der Waals surface area (Å²) in [6.07, 6.45) is 4.31. The van der Waals surface area contributed by atoms with Crippen LogP contribution < -0.4 is 0 Å². The number of halogens is 1. The van der Waals surface area contributed by atoms with E-state index in [1.54, 1.807) is 19.5 Å².